The average Bonchev–Trinajstić information content (AvgIpc) is 2.83. The van der Waals surface area contributed by atoms with Gasteiger partial charge < -0.3 is 9.47 Å². The minimum atomic E-state index is 0.0518. The first-order valence-electron chi connectivity index (χ1n) is 12.3. The molecular weight excluding hydrogens is 396 g/mol. The lowest BCUT2D eigenvalue weighted by molar-refractivity contribution is 0.169. The lowest BCUT2D eigenvalue weighted by Crippen LogP contribution is -2.49. The molecule has 3 aliphatic rings. The van der Waals surface area contributed by atoms with Gasteiger partial charge in [-0.05, 0) is 86.7 Å². The number of fused-ring (bicyclic) bond motifs is 6. The molecule has 0 radical (unpaired) electrons. The Labute approximate surface area is 188 Å². The number of aromatic nitrogens is 2. The van der Waals surface area contributed by atoms with E-state index < -0.39 is 0 Å². The highest BCUT2D eigenvalue weighted by Crippen LogP contribution is 2.33. The van der Waals surface area contributed by atoms with E-state index in [0.717, 1.165) is 65.0 Å². The Bertz CT molecular complexity index is 1420. The maximum Gasteiger partial charge on any atom is 0.260 e. The molecule has 5 heteroatoms. The third kappa shape index (κ3) is 2.87. The van der Waals surface area contributed by atoms with Crippen molar-refractivity contribution in [1.29, 1.82) is 0 Å². The van der Waals surface area contributed by atoms with E-state index in [1.54, 1.807) is 0 Å². The second kappa shape index (κ2) is 7.45. The van der Waals surface area contributed by atoms with E-state index in [4.69, 9.17) is 4.98 Å². The number of likely N-dealkylation sites (tertiary alicyclic amines) is 1. The molecule has 1 aromatic carbocycles. The van der Waals surface area contributed by atoms with Gasteiger partial charge in [0.1, 0.15) is 0 Å². The van der Waals surface area contributed by atoms with E-state index in [9.17, 15) is 4.79 Å². The number of pyridine rings is 2. The van der Waals surface area contributed by atoms with Crippen LogP contribution in [0.15, 0.2) is 23.0 Å². The zero-order valence-electron chi connectivity index (χ0n) is 19.4. The van der Waals surface area contributed by atoms with Crippen LogP contribution >= 0.6 is 0 Å². The summed E-state index contributed by atoms with van der Waals surface area (Å²) in [7, 11) is 1.90. The summed E-state index contributed by atoms with van der Waals surface area (Å²) in [6.45, 7) is 8.76. The molecule has 0 saturated carbocycles. The molecule has 1 aliphatic carbocycles. The predicted molar refractivity (Wildman–Crippen MR) is 133 cm³/mol. The van der Waals surface area contributed by atoms with Crippen LogP contribution in [0.1, 0.15) is 38.7 Å². The van der Waals surface area contributed by atoms with Crippen molar-refractivity contribution in [3.63, 3.8) is 0 Å². The molecule has 1 saturated heterocycles. The number of hydrogen-bond acceptors (Lipinski definition) is 4. The first kappa shape index (κ1) is 20.0. The minimum Gasteiger partial charge on any atom is -0.372 e. The quantitative estimate of drug-likeness (QED) is 0.589. The maximum atomic E-state index is 13.4. The molecule has 4 heterocycles. The average molecular weight is 429 g/mol. The molecule has 1 fully saturated rings. The molecule has 0 spiro atoms. The Hall–Kier alpha value is -2.66. The van der Waals surface area contributed by atoms with E-state index in [1.165, 1.54) is 30.5 Å². The summed E-state index contributed by atoms with van der Waals surface area (Å²) in [6, 6.07) is 7.06. The number of hydrogen-bond donors (Lipinski definition) is 0. The molecule has 2 aromatic heterocycles. The molecule has 6 rings (SSSR count). The number of benzene rings is 1. The number of aryl methyl sites for hydroxylation is 2. The van der Waals surface area contributed by atoms with Crippen molar-refractivity contribution in [2.45, 2.75) is 45.6 Å². The summed E-state index contributed by atoms with van der Waals surface area (Å²) in [4.78, 5) is 23.6. The summed E-state index contributed by atoms with van der Waals surface area (Å²) >= 11 is 0. The lowest BCUT2D eigenvalue weighted by Gasteiger charge is -2.39. The van der Waals surface area contributed by atoms with Crippen LogP contribution in [0.25, 0.3) is 34.0 Å². The number of piperidine rings is 1. The van der Waals surface area contributed by atoms with Gasteiger partial charge in [0, 0.05) is 37.3 Å². The predicted octanol–water partition coefficient (Wildman–Crippen LogP) is 2.53. The van der Waals surface area contributed by atoms with Gasteiger partial charge in [-0.25, -0.2) is 4.98 Å². The van der Waals surface area contributed by atoms with Crippen LogP contribution in [0.2, 0.25) is 0 Å². The highest BCUT2D eigenvalue weighted by molar-refractivity contribution is 6.04. The van der Waals surface area contributed by atoms with Crippen LogP contribution in [0.3, 0.4) is 0 Å². The van der Waals surface area contributed by atoms with Crippen molar-refractivity contribution in [3.8, 4) is 0 Å². The molecular formula is C27H32N4O. The van der Waals surface area contributed by atoms with Crippen molar-refractivity contribution in [2.24, 2.45) is 13.0 Å². The Balaban J connectivity index is 1.66. The molecule has 0 bridgehead atoms. The first-order chi connectivity index (χ1) is 15.6. The Morgan fingerprint density at radius 3 is 2.72 bits per heavy atom. The molecule has 0 N–H and O–H groups in total. The Morgan fingerprint density at radius 2 is 1.91 bits per heavy atom. The van der Waals surface area contributed by atoms with Crippen LogP contribution in [-0.2, 0) is 13.5 Å². The van der Waals surface area contributed by atoms with E-state index in [0.29, 0.717) is 12.0 Å². The third-order valence-electron chi connectivity index (χ3n) is 8.00. The highest BCUT2D eigenvalue weighted by atomic mass is 16.1. The monoisotopic (exact) mass is 428 g/mol. The smallest absolute Gasteiger partial charge is 0.260 e. The summed E-state index contributed by atoms with van der Waals surface area (Å²) in [5.41, 5.74) is 4.56. The van der Waals surface area contributed by atoms with Gasteiger partial charge in [0.2, 0.25) is 0 Å². The minimum absolute atomic E-state index is 0.0518. The van der Waals surface area contributed by atoms with Crippen LogP contribution in [0.4, 0.5) is 5.69 Å². The maximum absolute atomic E-state index is 13.4. The van der Waals surface area contributed by atoms with Crippen molar-refractivity contribution >= 4 is 39.6 Å². The molecule has 2 aliphatic heterocycles. The van der Waals surface area contributed by atoms with Crippen molar-refractivity contribution < 1.29 is 0 Å². The number of nitrogens with zero attached hydrogens (tertiary/aromatic N) is 4. The standard InChI is InChI=1S/C27H32N4O/c1-4-30-10-6-8-17-12-19-14-21-26(28-22(19)15-23(17)30)20-13-18-9-7-11-31(5-2)24(18)16-25(20)29(3)27(21)32/h12-17,23H,4-11H2,1-3H3. The topological polar surface area (TPSA) is 41.4 Å². The fraction of sp³-hybridized carbons (Fsp3) is 0.481. The summed E-state index contributed by atoms with van der Waals surface area (Å²) in [5.74, 6) is 0.520. The normalized spacial score (nSPS) is 22.8. The lowest BCUT2D eigenvalue weighted by atomic mass is 9.85. The van der Waals surface area contributed by atoms with Gasteiger partial charge in [0.25, 0.3) is 5.56 Å². The summed E-state index contributed by atoms with van der Waals surface area (Å²) < 4.78 is 1.82. The zero-order chi connectivity index (χ0) is 22.0. The van der Waals surface area contributed by atoms with Crippen LogP contribution in [0, 0.1) is 5.92 Å². The molecule has 32 heavy (non-hydrogen) atoms. The molecule has 166 valence electrons. The van der Waals surface area contributed by atoms with E-state index >= 15 is 0 Å². The Kier molecular flexibility index (Phi) is 4.65. The molecule has 2 unspecified atom stereocenters. The van der Waals surface area contributed by atoms with Crippen molar-refractivity contribution in [1.82, 2.24) is 14.5 Å². The van der Waals surface area contributed by atoms with Crippen LogP contribution in [-0.4, -0.2) is 46.7 Å². The van der Waals surface area contributed by atoms with Crippen LogP contribution < -0.4 is 21.0 Å². The van der Waals surface area contributed by atoms with Crippen molar-refractivity contribution in [2.75, 3.05) is 31.1 Å². The first-order valence-corrected chi connectivity index (χ1v) is 12.3. The summed E-state index contributed by atoms with van der Waals surface area (Å²) in [6.07, 6.45) is 9.46. The van der Waals surface area contributed by atoms with E-state index in [1.807, 2.05) is 11.6 Å². The number of rotatable bonds is 2. The number of anilines is 1. The van der Waals surface area contributed by atoms with Gasteiger partial charge in [-0.1, -0.05) is 13.0 Å². The van der Waals surface area contributed by atoms with Crippen LogP contribution in [0.5, 0.6) is 0 Å². The van der Waals surface area contributed by atoms with E-state index in [2.05, 4.69) is 54.0 Å². The highest BCUT2D eigenvalue weighted by Gasteiger charge is 2.29. The van der Waals surface area contributed by atoms with E-state index in [-0.39, 0.29) is 5.56 Å². The van der Waals surface area contributed by atoms with Gasteiger partial charge >= 0.3 is 0 Å². The largest absolute Gasteiger partial charge is 0.372 e. The fourth-order valence-corrected chi connectivity index (χ4v) is 6.25. The van der Waals surface area contributed by atoms with Gasteiger partial charge in [0.15, 0.2) is 0 Å². The van der Waals surface area contributed by atoms with Gasteiger partial charge in [-0.15, -0.1) is 0 Å². The van der Waals surface area contributed by atoms with Crippen molar-refractivity contribution in [3.05, 3.63) is 44.7 Å². The van der Waals surface area contributed by atoms with Gasteiger partial charge in [0.05, 0.1) is 21.8 Å². The van der Waals surface area contributed by atoms with Gasteiger partial charge in [-0.2, -0.15) is 0 Å². The second-order valence-corrected chi connectivity index (χ2v) is 9.66. The summed E-state index contributed by atoms with van der Waals surface area (Å²) in [5, 5.41) is 4.02. The third-order valence-corrected chi connectivity index (χ3v) is 8.00. The Morgan fingerprint density at radius 1 is 1.03 bits per heavy atom. The zero-order valence-corrected chi connectivity index (χ0v) is 19.4. The molecule has 2 atom stereocenters. The van der Waals surface area contributed by atoms with Gasteiger partial charge in [-0.3, -0.25) is 9.69 Å². The molecule has 0 amide bonds. The fourth-order valence-electron chi connectivity index (χ4n) is 6.25. The molecule has 5 nitrogen and oxygen atoms in total. The SMILES string of the molecule is CCN1CCCc2cc3c4nc5c(cc4c(=O)n(C)c3cc21)=CC1CCCN(CC)C1C=5. The molecule has 3 aromatic rings. The second-order valence-electron chi connectivity index (χ2n) is 9.66.